The Morgan fingerprint density at radius 3 is 2.28 bits per heavy atom. The van der Waals surface area contributed by atoms with E-state index in [9.17, 15) is 9.59 Å². The van der Waals surface area contributed by atoms with Gasteiger partial charge in [0.2, 0.25) is 11.8 Å². The zero-order valence-corrected chi connectivity index (χ0v) is 18.2. The Bertz CT molecular complexity index is 666. The first-order chi connectivity index (χ1) is 14.0. The molecule has 29 heavy (non-hydrogen) atoms. The van der Waals surface area contributed by atoms with Crippen LogP contribution in [0.4, 0.5) is 0 Å². The molecule has 0 radical (unpaired) electrons. The van der Waals surface area contributed by atoms with Gasteiger partial charge in [0.05, 0.1) is 6.61 Å². The van der Waals surface area contributed by atoms with Crippen LogP contribution >= 0.6 is 0 Å². The summed E-state index contributed by atoms with van der Waals surface area (Å²) < 4.78 is 6.11. The highest BCUT2D eigenvalue weighted by molar-refractivity contribution is 5.79. The van der Waals surface area contributed by atoms with Crippen molar-refractivity contribution < 1.29 is 14.3 Å². The largest absolute Gasteiger partial charge is 0.493 e. The third-order valence-corrected chi connectivity index (χ3v) is 6.94. The molecule has 2 heterocycles. The minimum Gasteiger partial charge on any atom is -0.493 e. The number of nitrogens with zero attached hydrogens (tertiary/aromatic N) is 2. The number of para-hydroxylation sites is 1. The molecule has 2 saturated heterocycles. The Kier molecular flexibility index (Phi) is 7.57. The van der Waals surface area contributed by atoms with E-state index in [1.54, 1.807) is 6.92 Å². The van der Waals surface area contributed by atoms with Gasteiger partial charge in [0.1, 0.15) is 5.75 Å². The molecular weight excluding hydrogens is 364 g/mol. The Morgan fingerprint density at radius 1 is 1.03 bits per heavy atom. The number of carbonyl (C=O) groups excluding carboxylic acids is 2. The number of hydrogen-bond acceptors (Lipinski definition) is 3. The fraction of sp³-hybridized carbons (Fsp3) is 0.667. The van der Waals surface area contributed by atoms with Crippen LogP contribution in [-0.2, 0) is 9.59 Å². The first-order valence-electron chi connectivity index (χ1n) is 11.3. The molecule has 0 bridgehead atoms. The lowest BCUT2D eigenvalue weighted by Gasteiger charge is -2.36. The fourth-order valence-electron chi connectivity index (χ4n) is 5.05. The van der Waals surface area contributed by atoms with Crippen LogP contribution in [0.25, 0.3) is 0 Å². The maximum absolute atomic E-state index is 13.0. The van der Waals surface area contributed by atoms with Gasteiger partial charge in [-0.3, -0.25) is 9.59 Å². The van der Waals surface area contributed by atoms with Gasteiger partial charge in [0.15, 0.2) is 0 Å². The highest BCUT2D eigenvalue weighted by atomic mass is 16.5. The van der Waals surface area contributed by atoms with Crippen molar-refractivity contribution in [3.8, 4) is 5.75 Å². The molecule has 0 unspecified atom stereocenters. The van der Waals surface area contributed by atoms with E-state index in [-0.39, 0.29) is 11.8 Å². The predicted molar refractivity (Wildman–Crippen MR) is 115 cm³/mol. The Balaban J connectivity index is 1.68. The molecule has 5 heteroatoms. The van der Waals surface area contributed by atoms with Crippen molar-refractivity contribution in [2.24, 2.45) is 23.7 Å². The molecule has 5 nitrogen and oxygen atoms in total. The summed E-state index contributed by atoms with van der Waals surface area (Å²) in [6, 6.07) is 9.94. The van der Waals surface area contributed by atoms with Crippen LogP contribution in [0, 0.1) is 23.7 Å². The number of rotatable bonds is 7. The lowest BCUT2D eigenvalue weighted by atomic mass is 9.78. The van der Waals surface area contributed by atoms with E-state index in [2.05, 4.69) is 18.7 Å². The van der Waals surface area contributed by atoms with Crippen molar-refractivity contribution in [3.63, 3.8) is 0 Å². The number of amides is 2. The second-order valence-corrected chi connectivity index (χ2v) is 8.65. The number of carbonyl (C=O) groups is 2. The highest BCUT2D eigenvalue weighted by Gasteiger charge is 2.42. The van der Waals surface area contributed by atoms with E-state index in [0.29, 0.717) is 30.3 Å². The van der Waals surface area contributed by atoms with E-state index in [1.807, 2.05) is 35.2 Å². The quantitative estimate of drug-likeness (QED) is 0.699. The second kappa shape index (κ2) is 10.1. The van der Waals surface area contributed by atoms with Crippen LogP contribution in [0.5, 0.6) is 5.75 Å². The van der Waals surface area contributed by atoms with Gasteiger partial charge >= 0.3 is 0 Å². The number of ether oxygens (including phenoxy) is 1. The lowest BCUT2D eigenvalue weighted by molar-refractivity contribution is -0.135. The lowest BCUT2D eigenvalue weighted by Crippen LogP contribution is -2.41. The maximum atomic E-state index is 13.0. The summed E-state index contributed by atoms with van der Waals surface area (Å²) in [6.07, 6.45) is 3.86. The molecule has 1 aromatic carbocycles. The van der Waals surface area contributed by atoms with Gasteiger partial charge in [-0.1, -0.05) is 32.0 Å². The van der Waals surface area contributed by atoms with Crippen LogP contribution in [0.1, 0.15) is 46.5 Å². The summed E-state index contributed by atoms with van der Waals surface area (Å²) in [5, 5.41) is 0. The molecule has 0 saturated carbocycles. The Morgan fingerprint density at radius 2 is 1.69 bits per heavy atom. The normalized spacial score (nSPS) is 22.9. The van der Waals surface area contributed by atoms with Gasteiger partial charge in [-0.2, -0.15) is 0 Å². The third-order valence-electron chi connectivity index (χ3n) is 6.94. The maximum Gasteiger partial charge on any atom is 0.225 e. The molecule has 160 valence electrons. The standard InChI is InChI=1S/C24H36N2O3/c1-4-19(5-2)24(28)26-15-21(17-29-22-9-7-6-8-10-22)23(16-26)20-11-13-25(14-12-20)18(3)27/h6-10,19-21,23H,4-5,11-17H2,1-3H3/t21-,23-/m0/s1. The Hall–Kier alpha value is -2.04. The molecular formula is C24H36N2O3. The van der Waals surface area contributed by atoms with E-state index in [0.717, 1.165) is 57.6 Å². The summed E-state index contributed by atoms with van der Waals surface area (Å²) in [5.41, 5.74) is 0. The SMILES string of the molecule is CCC(CC)C(=O)N1C[C@@H](COc2ccccc2)[C@H](C2CCN(C(C)=O)CC2)C1. The van der Waals surface area contributed by atoms with Crippen molar-refractivity contribution >= 4 is 11.8 Å². The van der Waals surface area contributed by atoms with Crippen molar-refractivity contribution in [2.75, 3.05) is 32.8 Å². The second-order valence-electron chi connectivity index (χ2n) is 8.65. The van der Waals surface area contributed by atoms with Gasteiger partial charge in [-0.25, -0.2) is 0 Å². The molecule has 0 aliphatic carbocycles. The summed E-state index contributed by atoms with van der Waals surface area (Å²) >= 11 is 0. The number of hydrogen-bond donors (Lipinski definition) is 0. The Labute approximate surface area is 175 Å². The third kappa shape index (κ3) is 5.31. The van der Waals surface area contributed by atoms with Gasteiger partial charge in [0.25, 0.3) is 0 Å². The van der Waals surface area contributed by atoms with Crippen LogP contribution < -0.4 is 4.74 Å². The topological polar surface area (TPSA) is 49.9 Å². The minimum atomic E-state index is 0.129. The molecule has 1 aromatic rings. The average Bonchev–Trinajstić information content (AvgIpc) is 3.18. The molecule has 0 aromatic heterocycles. The fourth-order valence-corrected chi connectivity index (χ4v) is 5.05. The molecule has 3 rings (SSSR count). The van der Waals surface area contributed by atoms with Crippen LogP contribution in [0.15, 0.2) is 30.3 Å². The van der Waals surface area contributed by atoms with Crippen molar-refractivity contribution in [2.45, 2.75) is 46.5 Å². The number of likely N-dealkylation sites (tertiary alicyclic amines) is 2. The molecule has 2 atom stereocenters. The highest BCUT2D eigenvalue weighted by Crippen LogP contribution is 2.37. The number of piperidine rings is 1. The van der Waals surface area contributed by atoms with Crippen molar-refractivity contribution in [1.82, 2.24) is 9.80 Å². The van der Waals surface area contributed by atoms with E-state index in [4.69, 9.17) is 4.74 Å². The van der Waals surface area contributed by atoms with E-state index >= 15 is 0 Å². The van der Waals surface area contributed by atoms with Gasteiger partial charge in [-0.15, -0.1) is 0 Å². The smallest absolute Gasteiger partial charge is 0.225 e. The summed E-state index contributed by atoms with van der Waals surface area (Å²) in [4.78, 5) is 28.8. The molecule has 0 N–H and O–H groups in total. The predicted octanol–water partition coefficient (Wildman–Crippen LogP) is 3.83. The molecule has 2 fully saturated rings. The van der Waals surface area contributed by atoms with Crippen LogP contribution in [0.2, 0.25) is 0 Å². The van der Waals surface area contributed by atoms with E-state index in [1.165, 1.54) is 0 Å². The van der Waals surface area contributed by atoms with Crippen molar-refractivity contribution in [1.29, 1.82) is 0 Å². The van der Waals surface area contributed by atoms with Gasteiger partial charge in [-0.05, 0) is 49.7 Å². The first kappa shape index (κ1) is 21.7. The average molecular weight is 401 g/mol. The number of benzene rings is 1. The zero-order chi connectivity index (χ0) is 20.8. The summed E-state index contributed by atoms with van der Waals surface area (Å²) in [5.74, 6) is 2.85. The summed E-state index contributed by atoms with van der Waals surface area (Å²) in [6.45, 7) is 9.81. The van der Waals surface area contributed by atoms with Gasteiger partial charge in [0, 0.05) is 44.9 Å². The molecule has 0 spiro atoms. The minimum absolute atomic E-state index is 0.129. The first-order valence-corrected chi connectivity index (χ1v) is 11.3. The summed E-state index contributed by atoms with van der Waals surface area (Å²) in [7, 11) is 0. The molecule has 2 aliphatic rings. The van der Waals surface area contributed by atoms with Crippen LogP contribution in [-0.4, -0.2) is 54.4 Å². The van der Waals surface area contributed by atoms with Gasteiger partial charge < -0.3 is 14.5 Å². The molecule has 2 aliphatic heterocycles. The van der Waals surface area contributed by atoms with Crippen molar-refractivity contribution in [3.05, 3.63) is 30.3 Å². The molecule has 2 amide bonds. The monoisotopic (exact) mass is 400 g/mol. The zero-order valence-electron chi connectivity index (χ0n) is 18.2. The van der Waals surface area contributed by atoms with E-state index < -0.39 is 0 Å². The van der Waals surface area contributed by atoms with Crippen LogP contribution in [0.3, 0.4) is 0 Å².